The molecule has 1 aromatic heterocycles. The maximum Gasteiger partial charge on any atom is 0.417 e. The maximum absolute atomic E-state index is 13.5. The first-order valence-corrected chi connectivity index (χ1v) is 13.5. The predicted molar refractivity (Wildman–Crippen MR) is 151 cm³/mol. The van der Waals surface area contributed by atoms with E-state index in [0.717, 1.165) is 22.5 Å². The second-order valence-electron chi connectivity index (χ2n) is 10.1. The van der Waals surface area contributed by atoms with E-state index >= 15 is 0 Å². The Kier molecular flexibility index (Phi) is 9.43. The summed E-state index contributed by atoms with van der Waals surface area (Å²) in [4.78, 5) is 13.3. The van der Waals surface area contributed by atoms with E-state index in [0.29, 0.717) is 30.8 Å². The van der Waals surface area contributed by atoms with Gasteiger partial charge in [-0.1, -0.05) is 67.1 Å². The van der Waals surface area contributed by atoms with E-state index in [1.54, 1.807) is 16.8 Å². The fourth-order valence-electron chi connectivity index (χ4n) is 4.89. The molecule has 4 aromatic rings. The summed E-state index contributed by atoms with van der Waals surface area (Å²) >= 11 is 6.24. The third-order valence-electron chi connectivity index (χ3n) is 6.94. The summed E-state index contributed by atoms with van der Waals surface area (Å²) in [5.41, 5.74) is 1.51. The quantitative estimate of drug-likeness (QED) is 0.188. The molecule has 0 spiro atoms. The normalized spacial score (nSPS) is 13.5. The summed E-state index contributed by atoms with van der Waals surface area (Å²) in [6.45, 7) is 5.36. The molecular formula is C31H32ClF3N2O3. The highest BCUT2D eigenvalue weighted by atomic mass is 35.5. The first kappa shape index (κ1) is 29.5. The Morgan fingerprint density at radius 3 is 2.45 bits per heavy atom. The molecule has 0 aliphatic rings. The van der Waals surface area contributed by atoms with Gasteiger partial charge in [0.1, 0.15) is 12.3 Å². The van der Waals surface area contributed by atoms with Gasteiger partial charge >= 0.3 is 12.1 Å². The number of alkyl halides is 3. The molecule has 2 unspecified atom stereocenters. The van der Waals surface area contributed by atoms with Gasteiger partial charge < -0.3 is 14.4 Å². The Bertz CT molecular complexity index is 1440. The summed E-state index contributed by atoms with van der Waals surface area (Å²) in [5.74, 6) is -0.133. The molecule has 9 heteroatoms. The predicted octanol–water partition coefficient (Wildman–Crippen LogP) is 7.86. The van der Waals surface area contributed by atoms with Crippen molar-refractivity contribution in [3.63, 3.8) is 0 Å². The molecule has 1 N–H and O–H groups in total. The molecule has 4 rings (SSSR count). The number of aliphatic carboxylic acids is 1. The zero-order chi connectivity index (χ0) is 28.9. The number of hydrogen-bond donors (Lipinski definition) is 1. The van der Waals surface area contributed by atoms with E-state index in [4.69, 9.17) is 16.3 Å². The van der Waals surface area contributed by atoms with Crippen molar-refractivity contribution in [1.29, 1.82) is 0 Å². The molecule has 2 atom stereocenters. The van der Waals surface area contributed by atoms with E-state index in [2.05, 4.69) is 11.8 Å². The molecule has 212 valence electrons. The molecule has 0 saturated carbocycles. The van der Waals surface area contributed by atoms with Crippen LogP contribution < -0.4 is 4.74 Å². The molecule has 0 aliphatic carbocycles. The number of halogens is 4. The molecule has 3 aromatic carbocycles. The number of carboxylic acid groups (broad SMARTS) is 1. The van der Waals surface area contributed by atoms with Gasteiger partial charge in [-0.2, -0.15) is 13.2 Å². The zero-order valence-corrected chi connectivity index (χ0v) is 23.1. The van der Waals surface area contributed by atoms with Crippen LogP contribution in [0.4, 0.5) is 13.2 Å². The number of carbonyl (C=O) groups is 1. The van der Waals surface area contributed by atoms with Gasteiger partial charge in [0.2, 0.25) is 0 Å². The Hall–Kier alpha value is -3.49. The van der Waals surface area contributed by atoms with Gasteiger partial charge in [0, 0.05) is 31.2 Å². The van der Waals surface area contributed by atoms with E-state index in [-0.39, 0.29) is 30.1 Å². The number of rotatable bonds is 12. The van der Waals surface area contributed by atoms with Gasteiger partial charge in [-0.05, 0) is 54.7 Å². The van der Waals surface area contributed by atoms with Crippen LogP contribution in [0, 0.1) is 0 Å². The molecule has 40 heavy (non-hydrogen) atoms. The number of aromatic nitrogens is 1. The molecular weight excluding hydrogens is 541 g/mol. The lowest BCUT2D eigenvalue weighted by molar-refractivity contribution is -0.138. The number of hydrogen-bond acceptors (Lipinski definition) is 3. The van der Waals surface area contributed by atoms with Crippen LogP contribution >= 0.6 is 11.6 Å². The van der Waals surface area contributed by atoms with E-state index < -0.39 is 17.7 Å². The molecule has 0 aliphatic heterocycles. The fourth-order valence-corrected chi connectivity index (χ4v) is 5.19. The monoisotopic (exact) mass is 572 g/mol. The third kappa shape index (κ3) is 7.37. The minimum Gasteiger partial charge on any atom is -0.490 e. The Labute approximate surface area is 236 Å². The van der Waals surface area contributed by atoms with Crippen molar-refractivity contribution in [3.8, 4) is 5.75 Å². The smallest absolute Gasteiger partial charge is 0.417 e. The van der Waals surface area contributed by atoms with Crippen molar-refractivity contribution < 1.29 is 27.8 Å². The van der Waals surface area contributed by atoms with Crippen LogP contribution in [0.3, 0.4) is 0 Å². The first-order chi connectivity index (χ1) is 19.0. The van der Waals surface area contributed by atoms with Crippen molar-refractivity contribution in [2.45, 2.75) is 51.6 Å². The van der Waals surface area contributed by atoms with Gasteiger partial charge in [-0.3, -0.25) is 9.69 Å². The number of nitrogens with zero attached hydrogens (tertiary/aromatic N) is 2. The molecule has 5 nitrogen and oxygen atoms in total. The Balaban J connectivity index is 1.50. The van der Waals surface area contributed by atoms with Crippen LogP contribution in [0.15, 0.2) is 79.0 Å². The lowest BCUT2D eigenvalue weighted by Gasteiger charge is -2.28. The fraction of sp³-hybridized carbons (Fsp3) is 0.323. The van der Waals surface area contributed by atoms with E-state index in [1.807, 2.05) is 61.5 Å². The lowest BCUT2D eigenvalue weighted by atomic mass is 10.00. The highest BCUT2D eigenvalue weighted by Gasteiger charge is 2.34. The standard InChI is InChI=1S/C31H32ClF3N2O3/c1-21(23-8-4-3-5-9-23)18-36(19-24-10-6-11-26(30(24)32)31(33,34)35)16-14-22(2)40-28-13-7-12-27-25(28)15-17-37(27)20-29(38)39/h3-13,15,17,21-22H,14,16,18-20H2,1-2H3,(H,38,39). The summed E-state index contributed by atoms with van der Waals surface area (Å²) in [6, 6.07) is 21.4. The Morgan fingerprint density at radius 1 is 1.02 bits per heavy atom. The topological polar surface area (TPSA) is 54.7 Å². The van der Waals surface area contributed by atoms with Crippen LogP contribution in [0.5, 0.6) is 5.75 Å². The molecule has 1 heterocycles. The second-order valence-corrected chi connectivity index (χ2v) is 10.4. The van der Waals surface area contributed by atoms with Crippen LogP contribution in [0.2, 0.25) is 5.02 Å². The lowest BCUT2D eigenvalue weighted by Crippen LogP contribution is -2.31. The van der Waals surface area contributed by atoms with Gasteiger partial charge in [0.25, 0.3) is 0 Å². The highest BCUT2D eigenvalue weighted by Crippen LogP contribution is 2.37. The van der Waals surface area contributed by atoms with Crippen molar-refractivity contribution in [1.82, 2.24) is 9.47 Å². The summed E-state index contributed by atoms with van der Waals surface area (Å²) < 4.78 is 48.4. The van der Waals surface area contributed by atoms with Crippen molar-refractivity contribution >= 4 is 28.5 Å². The molecule has 0 bridgehead atoms. The number of ether oxygens (including phenoxy) is 1. The number of fused-ring (bicyclic) bond motifs is 1. The van der Waals surface area contributed by atoms with Crippen LogP contribution in [0.25, 0.3) is 10.9 Å². The minimum atomic E-state index is -4.53. The van der Waals surface area contributed by atoms with Gasteiger partial charge in [0.15, 0.2) is 0 Å². The molecule has 0 saturated heterocycles. The van der Waals surface area contributed by atoms with Crippen LogP contribution in [-0.2, 0) is 24.1 Å². The van der Waals surface area contributed by atoms with Gasteiger partial charge in [-0.25, -0.2) is 0 Å². The summed E-state index contributed by atoms with van der Waals surface area (Å²) in [6.07, 6.45) is -2.39. The zero-order valence-electron chi connectivity index (χ0n) is 22.4. The largest absolute Gasteiger partial charge is 0.490 e. The summed E-state index contributed by atoms with van der Waals surface area (Å²) in [5, 5.41) is 9.72. The summed E-state index contributed by atoms with van der Waals surface area (Å²) in [7, 11) is 0. The van der Waals surface area contributed by atoms with Crippen LogP contribution in [-0.4, -0.2) is 39.7 Å². The van der Waals surface area contributed by atoms with Crippen molar-refractivity contribution in [2.24, 2.45) is 0 Å². The van der Waals surface area contributed by atoms with E-state index in [9.17, 15) is 23.1 Å². The SMILES string of the molecule is CC(CCN(Cc1cccc(C(F)(F)F)c1Cl)CC(C)c1ccccc1)Oc1cccc2c1ccn2CC(=O)O. The molecule has 0 fully saturated rings. The molecule has 0 amide bonds. The third-order valence-corrected chi connectivity index (χ3v) is 7.38. The van der Waals surface area contributed by atoms with Crippen molar-refractivity contribution in [3.05, 3.63) is 101 Å². The first-order valence-electron chi connectivity index (χ1n) is 13.1. The average molecular weight is 573 g/mol. The van der Waals surface area contributed by atoms with Crippen molar-refractivity contribution in [2.75, 3.05) is 13.1 Å². The van der Waals surface area contributed by atoms with Gasteiger partial charge in [0.05, 0.1) is 22.2 Å². The second kappa shape index (κ2) is 12.8. The highest BCUT2D eigenvalue weighted by molar-refractivity contribution is 6.32. The number of benzene rings is 3. The van der Waals surface area contributed by atoms with E-state index in [1.165, 1.54) is 6.07 Å². The van der Waals surface area contributed by atoms with Gasteiger partial charge in [-0.15, -0.1) is 0 Å². The average Bonchev–Trinajstić information content (AvgIpc) is 3.31. The maximum atomic E-state index is 13.5. The minimum absolute atomic E-state index is 0.143. The Morgan fingerprint density at radius 2 is 1.75 bits per heavy atom. The molecule has 0 radical (unpaired) electrons. The number of carboxylic acids is 1. The van der Waals surface area contributed by atoms with Crippen LogP contribution in [0.1, 0.15) is 42.9 Å².